The Morgan fingerprint density at radius 1 is 1.03 bits per heavy atom. The molecular formula is C23H15ClN4O3. The molecular weight excluding hydrogens is 416 g/mol. The Kier molecular flexibility index (Phi) is 5.68. The summed E-state index contributed by atoms with van der Waals surface area (Å²) in [6, 6.07) is 22.2. The molecule has 0 saturated heterocycles. The number of nitrogens with one attached hydrogen (secondary N) is 1. The summed E-state index contributed by atoms with van der Waals surface area (Å²) in [5.74, 6) is -0.436. The third-order valence-electron chi connectivity index (χ3n) is 4.57. The van der Waals surface area contributed by atoms with Crippen molar-refractivity contribution in [2.24, 2.45) is 5.10 Å². The molecule has 152 valence electrons. The topological polar surface area (TPSA) is 97.5 Å². The van der Waals surface area contributed by atoms with Crippen molar-refractivity contribution >= 4 is 40.3 Å². The van der Waals surface area contributed by atoms with E-state index in [0.717, 1.165) is 0 Å². The molecule has 0 bridgehead atoms. The summed E-state index contributed by atoms with van der Waals surface area (Å²) in [6.07, 6.45) is 1.35. The lowest BCUT2D eigenvalue weighted by Crippen LogP contribution is -2.18. The number of nitro benzene ring substituents is 1. The first kappa shape index (κ1) is 20.2. The molecule has 1 heterocycles. The molecule has 0 aliphatic carbocycles. The standard InChI is InChI=1S/C23H15ClN4O3/c24-20-10-3-1-9-18(20)22-13-19(17-8-2-4-11-21(17)26-22)23(29)27-25-14-15-6-5-7-16(12-15)28(30)31/h1-14H,(H,27,29)/b25-14+. The van der Waals surface area contributed by atoms with Crippen LogP contribution in [0.4, 0.5) is 5.69 Å². The average Bonchev–Trinajstić information content (AvgIpc) is 2.78. The zero-order chi connectivity index (χ0) is 21.8. The number of hydrogen-bond acceptors (Lipinski definition) is 5. The summed E-state index contributed by atoms with van der Waals surface area (Å²) >= 11 is 6.32. The molecule has 8 heteroatoms. The number of carbonyl (C=O) groups excluding carboxylic acids is 1. The maximum absolute atomic E-state index is 12.9. The highest BCUT2D eigenvalue weighted by molar-refractivity contribution is 6.33. The lowest BCUT2D eigenvalue weighted by atomic mass is 10.0. The number of aromatic nitrogens is 1. The Balaban J connectivity index is 1.67. The van der Waals surface area contributed by atoms with Gasteiger partial charge >= 0.3 is 0 Å². The van der Waals surface area contributed by atoms with Crippen LogP contribution in [0, 0.1) is 10.1 Å². The summed E-state index contributed by atoms with van der Waals surface area (Å²) < 4.78 is 0. The van der Waals surface area contributed by atoms with Crippen LogP contribution in [0.2, 0.25) is 5.02 Å². The van der Waals surface area contributed by atoms with Gasteiger partial charge in [-0.1, -0.05) is 60.1 Å². The lowest BCUT2D eigenvalue weighted by Gasteiger charge is -2.10. The van der Waals surface area contributed by atoms with Crippen molar-refractivity contribution in [2.45, 2.75) is 0 Å². The minimum absolute atomic E-state index is 0.0558. The van der Waals surface area contributed by atoms with Crippen LogP contribution in [0.1, 0.15) is 15.9 Å². The van der Waals surface area contributed by atoms with Crippen LogP contribution in [-0.4, -0.2) is 22.0 Å². The van der Waals surface area contributed by atoms with E-state index in [2.05, 4.69) is 15.5 Å². The van der Waals surface area contributed by atoms with Crippen LogP contribution >= 0.6 is 11.6 Å². The Morgan fingerprint density at radius 2 is 1.81 bits per heavy atom. The number of benzene rings is 3. The highest BCUT2D eigenvalue weighted by Crippen LogP contribution is 2.29. The van der Waals surface area contributed by atoms with Gasteiger partial charge in [-0.05, 0) is 18.2 Å². The van der Waals surface area contributed by atoms with Gasteiger partial charge in [0.2, 0.25) is 0 Å². The molecule has 1 amide bonds. The van der Waals surface area contributed by atoms with Crippen LogP contribution in [0.25, 0.3) is 22.2 Å². The fourth-order valence-corrected chi connectivity index (χ4v) is 3.35. The number of hydrazone groups is 1. The second-order valence-electron chi connectivity index (χ2n) is 6.60. The molecule has 0 atom stereocenters. The number of rotatable bonds is 5. The molecule has 0 saturated carbocycles. The second-order valence-corrected chi connectivity index (χ2v) is 7.01. The molecule has 0 unspecified atom stereocenters. The number of carbonyl (C=O) groups is 1. The maximum Gasteiger partial charge on any atom is 0.272 e. The van der Waals surface area contributed by atoms with E-state index in [-0.39, 0.29) is 5.69 Å². The van der Waals surface area contributed by atoms with E-state index in [9.17, 15) is 14.9 Å². The third-order valence-corrected chi connectivity index (χ3v) is 4.90. The van der Waals surface area contributed by atoms with Gasteiger partial charge in [0.05, 0.1) is 27.9 Å². The fraction of sp³-hybridized carbons (Fsp3) is 0. The highest BCUT2D eigenvalue weighted by Gasteiger charge is 2.15. The van der Waals surface area contributed by atoms with Gasteiger partial charge in [-0.3, -0.25) is 14.9 Å². The first-order valence-corrected chi connectivity index (χ1v) is 9.63. The van der Waals surface area contributed by atoms with Gasteiger partial charge in [0.15, 0.2) is 0 Å². The van der Waals surface area contributed by atoms with E-state index in [1.807, 2.05) is 36.4 Å². The normalized spacial score (nSPS) is 11.0. The highest BCUT2D eigenvalue weighted by atomic mass is 35.5. The quantitative estimate of drug-likeness (QED) is 0.266. The summed E-state index contributed by atoms with van der Waals surface area (Å²) in [5, 5.41) is 16.0. The van der Waals surface area contributed by atoms with Crippen LogP contribution < -0.4 is 5.43 Å². The fourth-order valence-electron chi connectivity index (χ4n) is 3.11. The summed E-state index contributed by atoms with van der Waals surface area (Å²) in [4.78, 5) is 27.9. The SMILES string of the molecule is O=C(N/N=C/c1cccc([N+](=O)[O-])c1)c1cc(-c2ccccc2Cl)nc2ccccc12. The second kappa shape index (κ2) is 8.73. The van der Waals surface area contributed by atoms with Gasteiger partial charge in [0.25, 0.3) is 11.6 Å². The Labute approximate surface area is 182 Å². The number of nitrogens with zero attached hydrogens (tertiary/aromatic N) is 3. The predicted molar refractivity (Wildman–Crippen MR) is 120 cm³/mol. The van der Waals surface area contributed by atoms with E-state index >= 15 is 0 Å². The van der Waals surface area contributed by atoms with Crippen LogP contribution in [0.5, 0.6) is 0 Å². The van der Waals surface area contributed by atoms with E-state index < -0.39 is 10.8 Å². The number of halogens is 1. The smallest absolute Gasteiger partial charge is 0.267 e. The van der Waals surface area contributed by atoms with Crippen LogP contribution in [0.3, 0.4) is 0 Å². The lowest BCUT2D eigenvalue weighted by molar-refractivity contribution is -0.384. The number of amides is 1. The summed E-state index contributed by atoms with van der Waals surface area (Å²) in [6.45, 7) is 0. The molecule has 4 aromatic rings. The van der Waals surface area contributed by atoms with Crippen LogP contribution in [0.15, 0.2) is 84.0 Å². The van der Waals surface area contributed by atoms with Crippen molar-refractivity contribution in [1.82, 2.24) is 10.4 Å². The Bertz CT molecular complexity index is 1340. The first-order valence-electron chi connectivity index (χ1n) is 9.25. The monoisotopic (exact) mass is 430 g/mol. The van der Waals surface area contributed by atoms with Crippen molar-refractivity contribution < 1.29 is 9.72 Å². The zero-order valence-corrected chi connectivity index (χ0v) is 16.8. The average molecular weight is 431 g/mol. The van der Waals surface area contributed by atoms with Crippen molar-refractivity contribution in [3.8, 4) is 11.3 Å². The number of para-hydroxylation sites is 1. The molecule has 3 aromatic carbocycles. The van der Waals surface area contributed by atoms with E-state index in [0.29, 0.717) is 38.3 Å². The molecule has 31 heavy (non-hydrogen) atoms. The van der Waals surface area contributed by atoms with E-state index in [1.165, 1.54) is 18.3 Å². The molecule has 0 radical (unpaired) electrons. The number of non-ortho nitro benzene ring substituents is 1. The van der Waals surface area contributed by atoms with Gasteiger partial charge in [-0.25, -0.2) is 10.4 Å². The number of fused-ring (bicyclic) bond motifs is 1. The van der Waals surface area contributed by atoms with Gasteiger partial charge in [-0.15, -0.1) is 0 Å². The largest absolute Gasteiger partial charge is 0.272 e. The Hall–Kier alpha value is -4.10. The number of hydrogen-bond donors (Lipinski definition) is 1. The van der Waals surface area contributed by atoms with E-state index in [1.54, 1.807) is 30.3 Å². The molecule has 4 rings (SSSR count). The maximum atomic E-state index is 12.9. The number of pyridine rings is 1. The zero-order valence-electron chi connectivity index (χ0n) is 16.0. The van der Waals surface area contributed by atoms with Gasteiger partial charge in [0, 0.05) is 33.7 Å². The van der Waals surface area contributed by atoms with Crippen LogP contribution in [-0.2, 0) is 0 Å². The summed E-state index contributed by atoms with van der Waals surface area (Å²) in [5.41, 5.74) is 5.23. The van der Waals surface area contributed by atoms with Gasteiger partial charge < -0.3 is 0 Å². The molecule has 0 spiro atoms. The molecule has 7 nitrogen and oxygen atoms in total. The van der Waals surface area contributed by atoms with Crippen molar-refractivity contribution in [2.75, 3.05) is 0 Å². The predicted octanol–water partition coefficient (Wildman–Crippen LogP) is 5.23. The first-order chi connectivity index (χ1) is 15.0. The van der Waals surface area contributed by atoms with E-state index in [4.69, 9.17) is 11.6 Å². The molecule has 1 N–H and O–H groups in total. The van der Waals surface area contributed by atoms with Gasteiger partial charge in [0.1, 0.15) is 0 Å². The third kappa shape index (κ3) is 4.41. The van der Waals surface area contributed by atoms with Crippen molar-refractivity contribution in [1.29, 1.82) is 0 Å². The minimum atomic E-state index is -0.491. The van der Waals surface area contributed by atoms with Gasteiger partial charge in [-0.2, -0.15) is 5.10 Å². The molecule has 0 aliphatic rings. The molecule has 0 fully saturated rings. The minimum Gasteiger partial charge on any atom is -0.267 e. The van der Waals surface area contributed by atoms with Crippen molar-refractivity contribution in [3.63, 3.8) is 0 Å². The summed E-state index contributed by atoms with van der Waals surface area (Å²) in [7, 11) is 0. The van der Waals surface area contributed by atoms with Crippen molar-refractivity contribution in [3.05, 3.63) is 105 Å². The molecule has 0 aliphatic heterocycles. The Morgan fingerprint density at radius 3 is 2.61 bits per heavy atom. The number of nitro groups is 1. The molecule has 1 aromatic heterocycles.